The van der Waals surface area contributed by atoms with Crippen LogP contribution in [0.4, 0.5) is 4.39 Å². The topological polar surface area (TPSA) is 58.9 Å². The van der Waals surface area contributed by atoms with E-state index in [9.17, 15) is 9.50 Å². The Labute approximate surface area is 83.2 Å². The minimum absolute atomic E-state index is 0.399. The number of pyridine rings is 1. The zero-order valence-corrected chi connectivity index (χ0v) is 7.78. The van der Waals surface area contributed by atoms with E-state index >= 15 is 0 Å². The summed E-state index contributed by atoms with van der Waals surface area (Å²) in [5.41, 5.74) is 0.399. The molecule has 0 aliphatic carbocycles. The Morgan fingerprint density at radius 2 is 2.21 bits per heavy atom. The summed E-state index contributed by atoms with van der Waals surface area (Å²) in [7, 11) is 0. The Balaban J connectivity index is 2.32. The third-order valence-electron chi connectivity index (χ3n) is 1.69. The first kappa shape index (κ1) is 9.17. The van der Waals surface area contributed by atoms with Gasteiger partial charge in [0.05, 0.1) is 17.3 Å². The van der Waals surface area contributed by atoms with Crippen LogP contribution in [0, 0.1) is 5.82 Å². The van der Waals surface area contributed by atoms with E-state index in [4.69, 9.17) is 0 Å². The molecule has 72 valence electrons. The van der Waals surface area contributed by atoms with Crippen molar-refractivity contribution in [3.63, 3.8) is 0 Å². The number of rotatable bonds is 2. The lowest BCUT2D eigenvalue weighted by Gasteiger charge is -2.06. The number of aliphatic hydroxyl groups excluding tert-OH is 1. The van der Waals surface area contributed by atoms with Gasteiger partial charge in [-0.15, -0.1) is 5.10 Å². The molecule has 1 atom stereocenters. The van der Waals surface area contributed by atoms with Crippen LogP contribution in [0.15, 0.2) is 24.7 Å². The summed E-state index contributed by atoms with van der Waals surface area (Å²) in [6.07, 6.45) is 3.03. The van der Waals surface area contributed by atoms with Crippen LogP contribution in [0.1, 0.15) is 16.5 Å². The van der Waals surface area contributed by atoms with Crippen molar-refractivity contribution in [3.8, 4) is 0 Å². The van der Waals surface area contributed by atoms with Gasteiger partial charge >= 0.3 is 0 Å². The second kappa shape index (κ2) is 3.77. The third-order valence-corrected chi connectivity index (χ3v) is 2.41. The standard InChI is InChI=1S/C8H6FN3OS/c9-6-1-5(2-10-3-6)8(13)7-4-11-12-14-7/h1-4,8,13H. The predicted octanol–water partition coefficient (Wildman–Crippen LogP) is 1.15. The number of aromatic nitrogens is 3. The summed E-state index contributed by atoms with van der Waals surface area (Å²) in [5, 5.41) is 13.3. The maximum Gasteiger partial charge on any atom is 0.141 e. The zero-order valence-electron chi connectivity index (χ0n) is 6.96. The fourth-order valence-corrected chi connectivity index (χ4v) is 1.56. The van der Waals surface area contributed by atoms with Crippen molar-refractivity contribution in [3.05, 3.63) is 40.9 Å². The lowest BCUT2D eigenvalue weighted by Crippen LogP contribution is -1.98. The molecule has 6 heteroatoms. The summed E-state index contributed by atoms with van der Waals surface area (Å²) >= 11 is 1.07. The Morgan fingerprint density at radius 1 is 1.36 bits per heavy atom. The highest BCUT2D eigenvalue weighted by atomic mass is 32.1. The second-order valence-electron chi connectivity index (χ2n) is 2.66. The molecule has 0 aliphatic rings. The van der Waals surface area contributed by atoms with Crippen LogP contribution in [0.2, 0.25) is 0 Å². The Hall–Kier alpha value is -1.40. The van der Waals surface area contributed by atoms with Gasteiger partial charge in [-0.2, -0.15) is 0 Å². The number of halogens is 1. The largest absolute Gasteiger partial charge is 0.383 e. The van der Waals surface area contributed by atoms with Crippen LogP contribution in [0.25, 0.3) is 0 Å². The average molecular weight is 211 g/mol. The van der Waals surface area contributed by atoms with Crippen molar-refractivity contribution in [1.29, 1.82) is 0 Å². The van der Waals surface area contributed by atoms with Gasteiger partial charge in [-0.25, -0.2) is 4.39 Å². The summed E-state index contributed by atoms with van der Waals surface area (Å²) < 4.78 is 16.4. The molecule has 0 saturated carbocycles. The van der Waals surface area contributed by atoms with Gasteiger partial charge in [-0.1, -0.05) is 4.49 Å². The minimum Gasteiger partial charge on any atom is -0.383 e. The summed E-state index contributed by atoms with van der Waals surface area (Å²) in [6.45, 7) is 0. The van der Waals surface area contributed by atoms with Gasteiger partial charge in [0.2, 0.25) is 0 Å². The number of nitrogens with zero attached hydrogens (tertiary/aromatic N) is 3. The molecule has 4 nitrogen and oxygen atoms in total. The predicted molar refractivity (Wildman–Crippen MR) is 48.2 cm³/mol. The van der Waals surface area contributed by atoms with Gasteiger partial charge in [0.15, 0.2) is 0 Å². The fourth-order valence-electron chi connectivity index (χ4n) is 1.04. The molecule has 0 bridgehead atoms. The fraction of sp³-hybridized carbons (Fsp3) is 0.125. The van der Waals surface area contributed by atoms with E-state index in [0.717, 1.165) is 17.7 Å². The lowest BCUT2D eigenvalue weighted by molar-refractivity contribution is 0.223. The van der Waals surface area contributed by atoms with Crippen molar-refractivity contribution in [2.24, 2.45) is 0 Å². The van der Waals surface area contributed by atoms with Crippen LogP contribution >= 0.6 is 11.5 Å². The molecule has 2 aromatic rings. The van der Waals surface area contributed by atoms with E-state index < -0.39 is 11.9 Å². The molecule has 2 heterocycles. The molecule has 14 heavy (non-hydrogen) atoms. The smallest absolute Gasteiger partial charge is 0.141 e. The minimum atomic E-state index is -0.904. The van der Waals surface area contributed by atoms with Crippen LogP contribution in [-0.4, -0.2) is 19.7 Å². The van der Waals surface area contributed by atoms with Crippen molar-refractivity contribution in [2.75, 3.05) is 0 Å². The average Bonchev–Trinajstić information content (AvgIpc) is 2.69. The highest BCUT2D eigenvalue weighted by Crippen LogP contribution is 2.22. The molecule has 2 rings (SSSR count). The molecule has 2 aromatic heterocycles. The molecule has 0 aliphatic heterocycles. The molecule has 0 saturated heterocycles. The molecule has 0 fully saturated rings. The highest BCUT2D eigenvalue weighted by Gasteiger charge is 2.13. The van der Waals surface area contributed by atoms with Gasteiger partial charge in [0.25, 0.3) is 0 Å². The van der Waals surface area contributed by atoms with Crippen LogP contribution < -0.4 is 0 Å². The van der Waals surface area contributed by atoms with Crippen molar-refractivity contribution in [2.45, 2.75) is 6.10 Å². The molecule has 0 radical (unpaired) electrons. The maximum atomic E-state index is 12.8. The van der Waals surface area contributed by atoms with Crippen LogP contribution in [0.5, 0.6) is 0 Å². The van der Waals surface area contributed by atoms with E-state index in [1.807, 2.05) is 0 Å². The second-order valence-corrected chi connectivity index (χ2v) is 3.48. The quantitative estimate of drug-likeness (QED) is 0.809. The van der Waals surface area contributed by atoms with Gasteiger partial charge in [-0.05, 0) is 17.6 Å². The third kappa shape index (κ3) is 1.75. The van der Waals surface area contributed by atoms with Gasteiger partial charge < -0.3 is 5.11 Å². The first-order valence-electron chi connectivity index (χ1n) is 3.83. The van der Waals surface area contributed by atoms with Gasteiger partial charge in [0, 0.05) is 11.8 Å². The van der Waals surface area contributed by atoms with E-state index in [1.165, 1.54) is 18.5 Å². The van der Waals surface area contributed by atoms with Gasteiger partial charge in [0.1, 0.15) is 11.9 Å². The Bertz CT molecular complexity index is 420. The lowest BCUT2D eigenvalue weighted by atomic mass is 10.1. The summed E-state index contributed by atoms with van der Waals surface area (Å²) in [5.74, 6) is -0.473. The van der Waals surface area contributed by atoms with Crippen LogP contribution in [0.3, 0.4) is 0 Å². The zero-order chi connectivity index (χ0) is 9.97. The monoisotopic (exact) mass is 211 g/mol. The molecule has 0 amide bonds. The number of hydrogen-bond donors (Lipinski definition) is 1. The van der Waals surface area contributed by atoms with Crippen molar-refractivity contribution < 1.29 is 9.50 Å². The molecular weight excluding hydrogens is 205 g/mol. The van der Waals surface area contributed by atoms with E-state index in [0.29, 0.717) is 10.4 Å². The molecule has 1 unspecified atom stereocenters. The van der Waals surface area contributed by atoms with E-state index in [2.05, 4.69) is 14.6 Å². The molecule has 0 spiro atoms. The van der Waals surface area contributed by atoms with E-state index in [-0.39, 0.29) is 0 Å². The first-order valence-corrected chi connectivity index (χ1v) is 4.60. The van der Waals surface area contributed by atoms with E-state index in [1.54, 1.807) is 0 Å². The molecule has 0 aromatic carbocycles. The van der Waals surface area contributed by atoms with Crippen molar-refractivity contribution >= 4 is 11.5 Å². The number of aliphatic hydroxyl groups is 1. The SMILES string of the molecule is OC(c1cncc(F)c1)c1cnns1. The number of hydrogen-bond acceptors (Lipinski definition) is 5. The van der Waals surface area contributed by atoms with Crippen LogP contribution in [-0.2, 0) is 0 Å². The first-order chi connectivity index (χ1) is 6.77. The summed E-state index contributed by atoms with van der Waals surface area (Å²) in [6, 6.07) is 1.23. The normalized spacial score (nSPS) is 12.7. The summed E-state index contributed by atoms with van der Waals surface area (Å²) in [4.78, 5) is 4.21. The Kier molecular flexibility index (Phi) is 2.47. The molecular formula is C8H6FN3OS. The Morgan fingerprint density at radius 3 is 2.86 bits per heavy atom. The van der Waals surface area contributed by atoms with Crippen molar-refractivity contribution in [1.82, 2.24) is 14.6 Å². The molecule has 1 N–H and O–H groups in total. The maximum absolute atomic E-state index is 12.8. The highest BCUT2D eigenvalue weighted by molar-refractivity contribution is 7.05. The van der Waals surface area contributed by atoms with Gasteiger partial charge in [-0.3, -0.25) is 4.98 Å².